The molecule has 0 spiro atoms. The van der Waals surface area contributed by atoms with Crippen LogP contribution in [0.4, 0.5) is 15.3 Å². The number of likely N-dealkylation sites (N-methyl/N-ethyl adjacent to an activating group) is 1. The number of carbonyl (C=O) groups excluding carboxylic acids is 2. The molecular weight excluding hydrogens is 724 g/mol. The first-order valence-electron chi connectivity index (χ1n) is 17.9. The van der Waals surface area contributed by atoms with Gasteiger partial charge in [-0.15, -0.1) is 0 Å². The highest BCUT2D eigenvalue weighted by molar-refractivity contribution is 5.77. The van der Waals surface area contributed by atoms with Crippen molar-refractivity contribution in [3.05, 3.63) is 108 Å². The maximum absolute atomic E-state index is 12.6. The number of methoxy groups -OCH3 is 2. The highest BCUT2D eigenvalue weighted by atomic mass is 16.6. The first-order chi connectivity index (χ1) is 27.2. The van der Waals surface area contributed by atoms with Gasteiger partial charge in [0.2, 0.25) is 0 Å². The molecule has 1 amide bonds. The Kier molecular flexibility index (Phi) is 15.0. The highest BCUT2D eigenvalue weighted by Crippen LogP contribution is 2.24. The Labute approximate surface area is 324 Å². The van der Waals surface area contributed by atoms with E-state index in [0.717, 1.165) is 48.9 Å². The van der Waals surface area contributed by atoms with Crippen LogP contribution < -0.4 is 14.2 Å². The van der Waals surface area contributed by atoms with Crippen LogP contribution in [0.3, 0.4) is 0 Å². The molecule has 0 atom stereocenters. The van der Waals surface area contributed by atoms with Crippen molar-refractivity contribution >= 4 is 17.8 Å². The van der Waals surface area contributed by atoms with Gasteiger partial charge in [-0.2, -0.15) is 0 Å². The van der Waals surface area contributed by atoms with Crippen molar-refractivity contribution in [3.8, 4) is 39.8 Å². The monoisotopic (exact) mass is 770 g/mol. The van der Waals surface area contributed by atoms with E-state index in [2.05, 4.69) is 21.8 Å². The molecule has 2 aliphatic rings. The Balaban J connectivity index is 0.000000180. The minimum absolute atomic E-state index is 0.0808. The second-order valence-corrected chi connectivity index (χ2v) is 12.3. The minimum atomic E-state index is -0.671. The van der Waals surface area contributed by atoms with Crippen molar-refractivity contribution in [2.45, 2.75) is 6.92 Å². The fourth-order valence-corrected chi connectivity index (χ4v) is 5.56. The van der Waals surface area contributed by atoms with Gasteiger partial charge >= 0.3 is 12.1 Å². The van der Waals surface area contributed by atoms with Crippen LogP contribution in [0.5, 0.6) is 17.2 Å². The number of benzene rings is 3. The fourth-order valence-electron chi connectivity index (χ4n) is 5.56. The number of hydrazine groups is 1. The Morgan fingerprint density at radius 1 is 0.768 bits per heavy atom. The average molecular weight is 771 g/mol. The Bertz CT molecular complexity index is 2020. The highest BCUT2D eigenvalue weighted by Gasteiger charge is 2.21. The van der Waals surface area contributed by atoms with E-state index in [1.807, 2.05) is 47.5 Å². The second-order valence-electron chi connectivity index (χ2n) is 12.3. The second kappa shape index (κ2) is 20.5. The summed E-state index contributed by atoms with van der Waals surface area (Å²) in [5.74, 6) is 1.64. The summed E-state index contributed by atoms with van der Waals surface area (Å²) < 4.78 is 28.7. The molecule has 7 rings (SSSR count). The quantitative estimate of drug-likeness (QED) is 0.142. The zero-order valence-electron chi connectivity index (χ0n) is 31.9. The topological polar surface area (TPSA) is 169 Å². The molecule has 0 bridgehead atoms. The molecular formula is C39H46N8O9. The van der Waals surface area contributed by atoms with E-state index < -0.39 is 11.0 Å². The van der Waals surface area contributed by atoms with E-state index in [1.54, 1.807) is 38.5 Å². The summed E-state index contributed by atoms with van der Waals surface area (Å²) >= 11 is 0. The molecule has 2 aromatic heterocycles. The van der Waals surface area contributed by atoms with E-state index >= 15 is 0 Å². The van der Waals surface area contributed by atoms with Gasteiger partial charge in [0.15, 0.2) is 0 Å². The summed E-state index contributed by atoms with van der Waals surface area (Å²) in [6.07, 6.45) is 5.46. The van der Waals surface area contributed by atoms with Crippen LogP contribution in [0.25, 0.3) is 22.5 Å². The van der Waals surface area contributed by atoms with Gasteiger partial charge < -0.3 is 23.7 Å². The Hall–Kier alpha value is -6.14. The third-order valence-electron chi connectivity index (χ3n) is 8.82. The number of non-ortho nitro benzene ring substituents is 1. The van der Waals surface area contributed by atoms with Gasteiger partial charge in [0.25, 0.3) is 5.69 Å². The molecule has 4 heterocycles. The van der Waals surface area contributed by atoms with Crippen LogP contribution in [-0.4, -0.2) is 131 Å². The summed E-state index contributed by atoms with van der Waals surface area (Å²) in [4.78, 5) is 45.7. The van der Waals surface area contributed by atoms with Crippen molar-refractivity contribution < 1.29 is 38.2 Å². The maximum atomic E-state index is 12.6. The zero-order chi connectivity index (χ0) is 39.9. The molecule has 17 heteroatoms. The third kappa shape index (κ3) is 11.4. The van der Waals surface area contributed by atoms with Crippen molar-refractivity contribution in [1.82, 2.24) is 34.0 Å². The van der Waals surface area contributed by atoms with Crippen molar-refractivity contribution in [1.29, 1.82) is 0 Å². The third-order valence-corrected chi connectivity index (χ3v) is 8.82. The molecule has 2 aliphatic heterocycles. The predicted molar refractivity (Wildman–Crippen MR) is 207 cm³/mol. The molecule has 0 aliphatic carbocycles. The molecule has 0 radical (unpaired) electrons. The number of hydrogen-bond donors (Lipinski definition) is 0. The van der Waals surface area contributed by atoms with Crippen LogP contribution in [0.2, 0.25) is 0 Å². The van der Waals surface area contributed by atoms with E-state index in [9.17, 15) is 19.7 Å². The van der Waals surface area contributed by atoms with E-state index in [-0.39, 0.29) is 17.5 Å². The number of amides is 1. The van der Waals surface area contributed by atoms with Crippen molar-refractivity contribution in [2.75, 3.05) is 80.4 Å². The Morgan fingerprint density at radius 3 is 1.79 bits per heavy atom. The van der Waals surface area contributed by atoms with Crippen LogP contribution >= 0.6 is 0 Å². The van der Waals surface area contributed by atoms with Crippen LogP contribution in [0, 0.1) is 10.1 Å². The van der Waals surface area contributed by atoms with Gasteiger partial charge in [-0.25, -0.2) is 29.1 Å². The first kappa shape index (κ1) is 41.0. The van der Waals surface area contributed by atoms with Crippen molar-refractivity contribution in [3.63, 3.8) is 0 Å². The number of morpholine rings is 2. The summed E-state index contributed by atoms with van der Waals surface area (Å²) in [6, 6.07) is 20.0. The Morgan fingerprint density at radius 2 is 1.29 bits per heavy atom. The van der Waals surface area contributed by atoms with Gasteiger partial charge in [0, 0.05) is 68.9 Å². The SMILES string of the molecule is CCN1CCOCC1.COc1cccc(-c2cn(C(=O)N(C)N3CCOCC3)cn2)c1.COc1cccc(-c2cn(C(=O)Oc3ccc([N+](=O)[O-])cc3)cn2)c1. The maximum Gasteiger partial charge on any atom is 0.424 e. The van der Waals surface area contributed by atoms with E-state index in [1.165, 1.54) is 58.8 Å². The molecule has 0 saturated carbocycles. The molecule has 56 heavy (non-hydrogen) atoms. The molecule has 3 aromatic carbocycles. The number of carbonyl (C=O) groups is 2. The molecule has 2 fully saturated rings. The smallest absolute Gasteiger partial charge is 0.424 e. The van der Waals surface area contributed by atoms with Crippen molar-refractivity contribution in [2.24, 2.45) is 0 Å². The van der Waals surface area contributed by atoms with Gasteiger partial charge in [0.1, 0.15) is 29.9 Å². The molecule has 0 N–H and O–H groups in total. The minimum Gasteiger partial charge on any atom is -0.497 e. The summed E-state index contributed by atoms with van der Waals surface area (Å²) in [5, 5.41) is 14.2. The zero-order valence-corrected chi connectivity index (χ0v) is 31.9. The lowest BCUT2D eigenvalue weighted by atomic mass is 10.1. The fraction of sp³-hybridized carbons (Fsp3) is 0.333. The van der Waals surface area contributed by atoms with Gasteiger partial charge in [-0.1, -0.05) is 31.2 Å². The molecule has 0 unspecified atom stereocenters. The summed E-state index contributed by atoms with van der Waals surface area (Å²) in [7, 11) is 4.96. The van der Waals surface area contributed by atoms with E-state index in [4.69, 9.17) is 23.7 Å². The number of ether oxygens (including phenoxy) is 5. The first-order valence-corrected chi connectivity index (χ1v) is 17.9. The van der Waals surface area contributed by atoms with Crippen LogP contribution in [0.15, 0.2) is 97.8 Å². The average Bonchev–Trinajstić information content (AvgIpc) is 3.96. The number of aromatic nitrogens is 4. The number of rotatable bonds is 8. The summed E-state index contributed by atoms with van der Waals surface area (Å²) in [5.41, 5.74) is 2.93. The number of hydrogen-bond acceptors (Lipinski definition) is 13. The largest absolute Gasteiger partial charge is 0.497 e. The van der Waals surface area contributed by atoms with Crippen LogP contribution in [-0.2, 0) is 9.47 Å². The van der Waals surface area contributed by atoms with Gasteiger partial charge in [-0.3, -0.25) is 24.6 Å². The lowest BCUT2D eigenvalue weighted by Gasteiger charge is -2.34. The number of imidazole rings is 2. The number of nitro groups is 1. The molecule has 296 valence electrons. The lowest BCUT2D eigenvalue weighted by molar-refractivity contribution is -0.384. The van der Waals surface area contributed by atoms with Gasteiger partial charge in [-0.05, 0) is 42.9 Å². The predicted octanol–water partition coefficient (Wildman–Crippen LogP) is 5.56. The molecule has 2 saturated heterocycles. The normalized spacial score (nSPS) is 14.3. The number of nitro benzene ring substituents is 1. The standard InChI is InChI=1S/C17H13N3O5.C16H20N4O3.C6H13NO/c1-24-15-4-2-3-12(9-15)16-10-19(11-18-16)17(21)25-14-7-5-13(6-8-14)20(22)23;1-18(20-6-8-23-9-7-20)16(21)19-11-15(17-12-19)13-4-3-5-14(10-13)22-2;1-2-7-3-5-8-6-4-7/h2-11H,1H3;3-5,10-12H,6-9H2,1-2H3;2-6H2,1H3. The number of nitrogens with zero attached hydrogens (tertiary/aromatic N) is 8. The van der Waals surface area contributed by atoms with Crippen LogP contribution in [0.1, 0.15) is 6.92 Å². The molecule has 17 nitrogen and oxygen atoms in total. The lowest BCUT2D eigenvalue weighted by Crippen LogP contribution is -2.50. The van der Waals surface area contributed by atoms with E-state index in [0.29, 0.717) is 37.7 Å². The molecule has 5 aromatic rings. The van der Waals surface area contributed by atoms with Gasteiger partial charge in [0.05, 0.1) is 57.0 Å². The summed E-state index contributed by atoms with van der Waals surface area (Å²) in [6.45, 7) is 10.1.